The predicted octanol–water partition coefficient (Wildman–Crippen LogP) is 1.63. The zero-order chi connectivity index (χ0) is 9.97. The summed E-state index contributed by atoms with van der Waals surface area (Å²) in [5.41, 5.74) is 2.54. The van der Waals surface area contributed by atoms with Crippen molar-refractivity contribution in [3.63, 3.8) is 0 Å². The largest absolute Gasteiger partial charge is 0.345 e. The van der Waals surface area contributed by atoms with Crippen molar-refractivity contribution in [2.75, 3.05) is 13.6 Å². The number of hydrogen-bond acceptors (Lipinski definition) is 1. The van der Waals surface area contributed by atoms with Crippen molar-refractivity contribution in [1.82, 2.24) is 4.90 Å². The van der Waals surface area contributed by atoms with E-state index in [9.17, 15) is 4.79 Å². The normalized spacial score (nSPS) is 17.2. The van der Waals surface area contributed by atoms with E-state index in [0.717, 1.165) is 19.4 Å². The van der Waals surface area contributed by atoms with Crippen molar-refractivity contribution in [1.29, 1.82) is 0 Å². The number of nitrogens with zero attached hydrogens (tertiary/aromatic N) is 1. The van der Waals surface area contributed by atoms with Crippen LogP contribution in [0.25, 0.3) is 0 Å². The topological polar surface area (TPSA) is 20.3 Å². The van der Waals surface area contributed by atoms with Crippen LogP contribution < -0.4 is 0 Å². The van der Waals surface area contributed by atoms with Crippen molar-refractivity contribution in [3.8, 4) is 0 Å². The number of benzene rings is 1. The van der Waals surface area contributed by atoms with Gasteiger partial charge < -0.3 is 4.90 Å². The van der Waals surface area contributed by atoms with Gasteiger partial charge in [0.25, 0.3) is 0 Å². The van der Waals surface area contributed by atoms with Crippen molar-refractivity contribution in [2.45, 2.75) is 19.3 Å². The fourth-order valence-electron chi connectivity index (χ4n) is 1.90. The first-order chi connectivity index (χ1) is 6.77. The molecule has 2 heteroatoms. The lowest BCUT2D eigenvalue weighted by atomic mass is 9.98. The molecule has 0 spiro atoms. The van der Waals surface area contributed by atoms with Gasteiger partial charge in [-0.3, -0.25) is 4.79 Å². The van der Waals surface area contributed by atoms with Crippen LogP contribution in [0.1, 0.15) is 17.5 Å². The lowest BCUT2D eigenvalue weighted by molar-refractivity contribution is -0.129. The Labute approximate surface area is 84.5 Å². The second-order valence-corrected chi connectivity index (χ2v) is 3.86. The van der Waals surface area contributed by atoms with Gasteiger partial charge in [0.1, 0.15) is 0 Å². The molecule has 2 rings (SSSR count). The molecule has 1 amide bonds. The molecule has 0 bridgehead atoms. The van der Waals surface area contributed by atoms with E-state index in [1.165, 1.54) is 11.1 Å². The average molecular weight is 189 g/mol. The molecule has 1 aromatic rings. The fourth-order valence-corrected chi connectivity index (χ4v) is 1.90. The third-order valence-corrected chi connectivity index (χ3v) is 2.83. The summed E-state index contributed by atoms with van der Waals surface area (Å²) in [7, 11) is 1.89. The van der Waals surface area contributed by atoms with E-state index in [4.69, 9.17) is 0 Å². The standard InChI is InChI=1S/C12H15NO/c1-13-8-4-7-10-5-2-3-6-11(10)9-12(13)14/h2-3,5-6H,4,7-9H2,1H3. The van der Waals surface area contributed by atoms with E-state index < -0.39 is 0 Å². The maximum absolute atomic E-state index is 11.7. The summed E-state index contributed by atoms with van der Waals surface area (Å²) < 4.78 is 0. The van der Waals surface area contributed by atoms with Crippen LogP contribution in [0.3, 0.4) is 0 Å². The number of likely N-dealkylation sites (N-methyl/N-ethyl adjacent to an activating group) is 1. The van der Waals surface area contributed by atoms with E-state index in [0.29, 0.717) is 6.42 Å². The molecule has 1 aliphatic rings. The van der Waals surface area contributed by atoms with Crippen LogP contribution in [0, 0.1) is 0 Å². The Kier molecular flexibility index (Phi) is 2.53. The Morgan fingerprint density at radius 1 is 1.21 bits per heavy atom. The molecule has 1 heterocycles. The van der Waals surface area contributed by atoms with E-state index >= 15 is 0 Å². The van der Waals surface area contributed by atoms with Crippen LogP contribution in [-0.2, 0) is 17.6 Å². The number of aryl methyl sites for hydroxylation is 1. The Morgan fingerprint density at radius 2 is 1.93 bits per heavy atom. The van der Waals surface area contributed by atoms with Crippen LogP contribution in [0.15, 0.2) is 24.3 Å². The second-order valence-electron chi connectivity index (χ2n) is 3.86. The Morgan fingerprint density at radius 3 is 2.71 bits per heavy atom. The number of hydrogen-bond donors (Lipinski definition) is 0. The first-order valence-corrected chi connectivity index (χ1v) is 5.08. The summed E-state index contributed by atoms with van der Waals surface area (Å²) in [6.45, 7) is 0.882. The highest BCUT2D eigenvalue weighted by atomic mass is 16.2. The van der Waals surface area contributed by atoms with Gasteiger partial charge in [0, 0.05) is 13.6 Å². The number of fused-ring (bicyclic) bond motifs is 1. The van der Waals surface area contributed by atoms with Crippen LogP contribution in [-0.4, -0.2) is 24.4 Å². The maximum atomic E-state index is 11.7. The predicted molar refractivity (Wildman–Crippen MR) is 56.1 cm³/mol. The first kappa shape index (κ1) is 9.25. The molecule has 1 aliphatic heterocycles. The van der Waals surface area contributed by atoms with Crippen molar-refractivity contribution < 1.29 is 4.79 Å². The minimum absolute atomic E-state index is 0.233. The van der Waals surface area contributed by atoms with Gasteiger partial charge in [-0.25, -0.2) is 0 Å². The summed E-state index contributed by atoms with van der Waals surface area (Å²) in [6.07, 6.45) is 2.72. The van der Waals surface area contributed by atoms with E-state index in [2.05, 4.69) is 18.2 Å². The Bertz CT molecular complexity index is 346. The van der Waals surface area contributed by atoms with Gasteiger partial charge in [-0.05, 0) is 24.0 Å². The summed E-state index contributed by atoms with van der Waals surface area (Å²) in [4.78, 5) is 13.5. The van der Waals surface area contributed by atoms with Gasteiger partial charge in [0.2, 0.25) is 5.91 Å². The highest BCUT2D eigenvalue weighted by Gasteiger charge is 2.14. The molecule has 0 N–H and O–H groups in total. The van der Waals surface area contributed by atoms with Crippen LogP contribution >= 0.6 is 0 Å². The average Bonchev–Trinajstić information content (AvgIpc) is 2.18. The van der Waals surface area contributed by atoms with Crippen molar-refractivity contribution in [2.24, 2.45) is 0 Å². The molecule has 1 aromatic carbocycles. The van der Waals surface area contributed by atoms with Gasteiger partial charge in [0.15, 0.2) is 0 Å². The number of carbonyl (C=O) groups excluding carboxylic acids is 1. The molecule has 0 radical (unpaired) electrons. The molecule has 14 heavy (non-hydrogen) atoms. The molecule has 0 atom stereocenters. The summed E-state index contributed by atoms with van der Waals surface area (Å²) >= 11 is 0. The second kappa shape index (κ2) is 3.82. The molecule has 74 valence electrons. The molecular weight excluding hydrogens is 174 g/mol. The lowest BCUT2D eigenvalue weighted by Crippen LogP contribution is -2.31. The van der Waals surface area contributed by atoms with Gasteiger partial charge in [0.05, 0.1) is 6.42 Å². The number of amides is 1. The zero-order valence-electron chi connectivity index (χ0n) is 8.49. The number of rotatable bonds is 0. The molecule has 0 saturated carbocycles. The quantitative estimate of drug-likeness (QED) is 0.607. The third kappa shape index (κ3) is 1.79. The van der Waals surface area contributed by atoms with E-state index in [1.54, 1.807) is 0 Å². The van der Waals surface area contributed by atoms with Crippen LogP contribution in [0.4, 0.5) is 0 Å². The van der Waals surface area contributed by atoms with Gasteiger partial charge in [-0.15, -0.1) is 0 Å². The number of carbonyl (C=O) groups is 1. The fraction of sp³-hybridized carbons (Fsp3) is 0.417. The zero-order valence-corrected chi connectivity index (χ0v) is 8.49. The van der Waals surface area contributed by atoms with Crippen LogP contribution in [0.5, 0.6) is 0 Å². The van der Waals surface area contributed by atoms with Gasteiger partial charge in [-0.2, -0.15) is 0 Å². The van der Waals surface area contributed by atoms with Gasteiger partial charge >= 0.3 is 0 Å². The molecule has 2 nitrogen and oxygen atoms in total. The van der Waals surface area contributed by atoms with Crippen molar-refractivity contribution in [3.05, 3.63) is 35.4 Å². The highest BCUT2D eigenvalue weighted by Crippen LogP contribution is 2.15. The summed E-state index contributed by atoms with van der Waals surface area (Å²) in [6, 6.07) is 8.25. The minimum atomic E-state index is 0.233. The minimum Gasteiger partial charge on any atom is -0.345 e. The highest BCUT2D eigenvalue weighted by molar-refractivity contribution is 5.79. The molecule has 0 saturated heterocycles. The third-order valence-electron chi connectivity index (χ3n) is 2.83. The molecule has 0 unspecified atom stereocenters. The van der Waals surface area contributed by atoms with E-state index in [-0.39, 0.29) is 5.91 Å². The first-order valence-electron chi connectivity index (χ1n) is 5.08. The smallest absolute Gasteiger partial charge is 0.226 e. The maximum Gasteiger partial charge on any atom is 0.226 e. The molecule has 0 fully saturated rings. The molecule has 0 aromatic heterocycles. The SMILES string of the molecule is CN1CCCc2ccccc2CC1=O. The van der Waals surface area contributed by atoms with Crippen molar-refractivity contribution >= 4 is 5.91 Å². The Balaban J connectivity index is 2.29. The monoisotopic (exact) mass is 189 g/mol. The summed E-state index contributed by atoms with van der Waals surface area (Å²) in [5.74, 6) is 0.233. The lowest BCUT2D eigenvalue weighted by Gasteiger charge is -2.21. The Hall–Kier alpha value is -1.31. The molecular formula is C12H15NO. The van der Waals surface area contributed by atoms with Crippen LogP contribution in [0.2, 0.25) is 0 Å². The van der Waals surface area contributed by atoms with Gasteiger partial charge in [-0.1, -0.05) is 24.3 Å². The molecule has 0 aliphatic carbocycles. The van der Waals surface area contributed by atoms with E-state index in [1.807, 2.05) is 18.0 Å². The summed E-state index contributed by atoms with van der Waals surface area (Å²) in [5, 5.41) is 0.